The average Bonchev–Trinajstić information content (AvgIpc) is 2.43. The lowest BCUT2D eigenvalue weighted by atomic mass is 10.0. The maximum absolute atomic E-state index is 10.6. The summed E-state index contributed by atoms with van der Waals surface area (Å²) in [5, 5.41) is 16.2. The van der Waals surface area contributed by atoms with Gasteiger partial charge >= 0.3 is 5.97 Å². The van der Waals surface area contributed by atoms with Crippen molar-refractivity contribution in [2.75, 3.05) is 6.54 Å². The lowest BCUT2D eigenvalue weighted by Crippen LogP contribution is -2.19. The number of aryl methyl sites for hydroxylation is 1. The van der Waals surface area contributed by atoms with Gasteiger partial charge in [-0.2, -0.15) is 0 Å². The van der Waals surface area contributed by atoms with Crippen LogP contribution in [0.4, 0.5) is 0 Å². The zero-order valence-corrected chi connectivity index (χ0v) is 9.23. The molecular formula is C7H11BrN4O2. The topological polar surface area (TPSA) is 94.0 Å². The number of aliphatic carboxylic acids is 1. The first-order valence-electron chi connectivity index (χ1n) is 4.03. The first kappa shape index (κ1) is 11.1. The number of nitrogens with zero attached hydrogens (tertiary/aromatic N) is 3. The van der Waals surface area contributed by atoms with Gasteiger partial charge in [0.1, 0.15) is 0 Å². The molecule has 14 heavy (non-hydrogen) atoms. The number of halogens is 1. The molecule has 1 aromatic rings. The van der Waals surface area contributed by atoms with Crippen molar-refractivity contribution in [2.45, 2.75) is 12.3 Å². The number of carboxylic acids is 1. The Kier molecular flexibility index (Phi) is 3.59. The molecule has 0 bridgehead atoms. The summed E-state index contributed by atoms with van der Waals surface area (Å²) in [6.07, 6.45) is -0.0175. The summed E-state index contributed by atoms with van der Waals surface area (Å²) in [6.45, 7) is 0.256. The van der Waals surface area contributed by atoms with E-state index in [0.717, 1.165) is 5.69 Å². The van der Waals surface area contributed by atoms with Crippen molar-refractivity contribution in [1.29, 1.82) is 0 Å². The average molecular weight is 263 g/mol. The number of hydrogen-bond acceptors (Lipinski definition) is 4. The number of carboxylic acid groups (broad SMARTS) is 1. The van der Waals surface area contributed by atoms with E-state index < -0.39 is 5.97 Å². The molecular weight excluding hydrogens is 252 g/mol. The predicted molar refractivity (Wildman–Crippen MR) is 52.8 cm³/mol. The third-order valence-electron chi connectivity index (χ3n) is 1.92. The molecule has 0 saturated carbocycles. The van der Waals surface area contributed by atoms with Gasteiger partial charge in [-0.3, -0.25) is 9.48 Å². The lowest BCUT2D eigenvalue weighted by molar-refractivity contribution is -0.137. The minimum atomic E-state index is -0.881. The second-order valence-corrected chi connectivity index (χ2v) is 3.67. The first-order chi connectivity index (χ1) is 6.56. The number of aromatic nitrogens is 3. The second-order valence-electron chi connectivity index (χ2n) is 2.92. The van der Waals surface area contributed by atoms with E-state index in [1.807, 2.05) is 0 Å². The van der Waals surface area contributed by atoms with Crippen LogP contribution < -0.4 is 5.73 Å². The second kappa shape index (κ2) is 4.52. The molecule has 1 rings (SSSR count). The van der Waals surface area contributed by atoms with Gasteiger partial charge in [0, 0.05) is 19.5 Å². The Morgan fingerprint density at radius 1 is 1.79 bits per heavy atom. The quantitative estimate of drug-likeness (QED) is 0.803. The molecule has 3 N–H and O–H groups in total. The molecule has 6 nitrogen and oxygen atoms in total. The van der Waals surface area contributed by atoms with Crippen LogP contribution in [0, 0.1) is 0 Å². The SMILES string of the molecule is Cn1nnc(Br)c1C(CN)CC(=O)O. The monoisotopic (exact) mass is 262 g/mol. The molecule has 1 unspecified atom stereocenters. The molecule has 0 fully saturated rings. The summed E-state index contributed by atoms with van der Waals surface area (Å²) in [6, 6.07) is 0. The van der Waals surface area contributed by atoms with Crippen LogP contribution in [-0.2, 0) is 11.8 Å². The van der Waals surface area contributed by atoms with Crippen molar-refractivity contribution >= 4 is 21.9 Å². The van der Waals surface area contributed by atoms with E-state index in [4.69, 9.17) is 10.8 Å². The lowest BCUT2D eigenvalue weighted by Gasteiger charge is -2.11. The van der Waals surface area contributed by atoms with Crippen LogP contribution >= 0.6 is 15.9 Å². The summed E-state index contributed by atoms with van der Waals surface area (Å²) in [5.41, 5.74) is 6.21. The van der Waals surface area contributed by atoms with Gasteiger partial charge in [0.05, 0.1) is 12.1 Å². The highest BCUT2D eigenvalue weighted by atomic mass is 79.9. The van der Waals surface area contributed by atoms with Gasteiger partial charge in [0.15, 0.2) is 4.60 Å². The van der Waals surface area contributed by atoms with Crippen molar-refractivity contribution < 1.29 is 9.90 Å². The van der Waals surface area contributed by atoms with Crippen LogP contribution in [0.1, 0.15) is 18.0 Å². The van der Waals surface area contributed by atoms with Gasteiger partial charge in [-0.1, -0.05) is 5.21 Å². The van der Waals surface area contributed by atoms with E-state index in [0.29, 0.717) is 4.60 Å². The molecule has 1 atom stereocenters. The van der Waals surface area contributed by atoms with Crippen molar-refractivity contribution in [2.24, 2.45) is 12.8 Å². The molecule has 0 aliphatic rings. The molecule has 0 aromatic carbocycles. The largest absolute Gasteiger partial charge is 0.481 e. The van der Waals surface area contributed by atoms with E-state index in [-0.39, 0.29) is 18.9 Å². The number of hydrogen-bond donors (Lipinski definition) is 2. The Morgan fingerprint density at radius 3 is 2.79 bits per heavy atom. The van der Waals surface area contributed by atoms with Gasteiger partial charge in [0.25, 0.3) is 0 Å². The maximum atomic E-state index is 10.6. The van der Waals surface area contributed by atoms with E-state index >= 15 is 0 Å². The van der Waals surface area contributed by atoms with Gasteiger partial charge in [-0.25, -0.2) is 0 Å². The van der Waals surface area contributed by atoms with Gasteiger partial charge in [-0.15, -0.1) is 5.10 Å². The van der Waals surface area contributed by atoms with Crippen LogP contribution in [0.3, 0.4) is 0 Å². The van der Waals surface area contributed by atoms with E-state index in [1.54, 1.807) is 7.05 Å². The summed E-state index contributed by atoms with van der Waals surface area (Å²) in [4.78, 5) is 10.6. The highest BCUT2D eigenvalue weighted by molar-refractivity contribution is 9.10. The fourth-order valence-electron chi connectivity index (χ4n) is 1.27. The molecule has 0 aliphatic heterocycles. The van der Waals surface area contributed by atoms with Crippen LogP contribution in [0.25, 0.3) is 0 Å². The number of nitrogens with two attached hydrogens (primary N) is 1. The Balaban J connectivity index is 2.94. The number of rotatable bonds is 4. The van der Waals surface area contributed by atoms with Crippen molar-refractivity contribution in [3.63, 3.8) is 0 Å². The zero-order valence-electron chi connectivity index (χ0n) is 7.64. The van der Waals surface area contributed by atoms with Crippen LogP contribution in [0.5, 0.6) is 0 Å². The van der Waals surface area contributed by atoms with Gasteiger partial charge in [-0.05, 0) is 15.9 Å². The fourth-order valence-corrected chi connectivity index (χ4v) is 1.93. The highest BCUT2D eigenvalue weighted by Gasteiger charge is 2.21. The van der Waals surface area contributed by atoms with E-state index in [9.17, 15) is 4.79 Å². The molecule has 0 aliphatic carbocycles. The molecule has 0 amide bonds. The minimum absolute atomic E-state index is 0.0175. The van der Waals surface area contributed by atoms with Gasteiger partial charge in [0.2, 0.25) is 0 Å². The summed E-state index contributed by atoms with van der Waals surface area (Å²) in [7, 11) is 1.71. The minimum Gasteiger partial charge on any atom is -0.481 e. The molecule has 78 valence electrons. The molecule has 1 heterocycles. The standard InChI is InChI=1S/C7H11BrN4O2/c1-12-6(7(8)10-11-12)4(3-9)2-5(13)14/h4H,2-3,9H2,1H3,(H,13,14). The van der Waals surface area contributed by atoms with Crippen molar-refractivity contribution in [1.82, 2.24) is 15.0 Å². The smallest absolute Gasteiger partial charge is 0.304 e. The highest BCUT2D eigenvalue weighted by Crippen LogP contribution is 2.24. The van der Waals surface area contributed by atoms with E-state index in [1.165, 1.54) is 4.68 Å². The molecule has 7 heteroatoms. The Labute approximate surface area is 89.2 Å². The predicted octanol–water partition coefficient (Wildman–Crippen LogP) is 0.0946. The summed E-state index contributed by atoms with van der Waals surface area (Å²) < 4.78 is 2.08. The third kappa shape index (κ3) is 2.30. The van der Waals surface area contributed by atoms with Crippen molar-refractivity contribution in [3.8, 4) is 0 Å². The van der Waals surface area contributed by atoms with Crippen LogP contribution in [-0.4, -0.2) is 32.6 Å². The molecule has 0 saturated heterocycles. The first-order valence-corrected chi connectivity index (χ1v) is 4.82. The summed E-state index contributed by atoms with van der Waals surface area (Å²) in [5.74, 6) is -1.14. The number of carbonyl (C=O) groups is 1. The summed E-state index contributed by atoms with van der Waals surface area (Å²) >= 11 is 3.21. The zero-order chi connectivity index (χ0) is 10.7. The van der Waals surface area contributed by atoms with Crippen LogP contribution in [0.15, 0.2) is 4.60 Å². The van der Waals surface area contributed by atoms with Crippen molar-refractivity contribution in [3.05, 3.63) is 10.3 Å². The fraction of sp³-hybridized carbons (Fsp3) is 0.571. The third-order valence-corrected chi connectivity index (χ3v) is 2.48. The normalized spacial score (nSPS) is 12.8. The Hall–Kier alpha value is -0.950. The van der Waals surface area contributed by atoms with E-state index in [2.05, 4.69) is 26.2 Å². The Bertz CT molecular complexity index is 319. The van der Waals surface area contributed by atoms with Gasteiger partial charge < -0.3 is 10.8 Å². The Morgan fingerprint density at radius 2 is 2.43 bits per heavy atom. The molecule has 0 spiro atoms. The maximum Gasteiger partial charge on any atom is 0.304 e. The molecule has 1 aromatic heterocycles. The molecule has 0 radical (unpaired) electrons. The van der Waals surface area contributed by atoms with Crippen LogP contribution in [0.2, 0.25) is 0 Å².